The SMILES string of the molecule is CC1COC(=O)CCCC(=O)O1. The second-order valence-corrected chi connectivity index (χ2v) is 2.84. The van der Waals surface area contributed by atoms with Crippen LogP contribution >= 0.6 is 0 Å². The lowest BCUT2D eigenvalue weighted by molar-refractivity contribution is -0.155. The van der Waals surface area contributed by atoms with Gasteiger partial charge in [0.1, 0.15) is 12.7 Å². The Morgan fingerprint density at radius 3 is 2.67 bits per heavy atom. The monoisotopic (exact) mass is 172 g/mol. The number of hydrogen-bond donors (Lipinski definition) is 0. The van der Waals surface area contributed by atoms with Crippen LogP contribution in [0.4, 0.5) is 0 Å². The highest BCUT2D eigenvalue weighted by atomic mass is 16.6. The summed E-state index contributed by atoms with van der Waals surface area (Å²) in [6, 6.07) is 0. The number of rotatable bonds is 0. The summed E-state index contributed by atoms with van der Waals surface area (Å²) in [5, 5.41) is 0. The quantitative estimate of drug-likeness (QED) is 0.503. The van der Waals surface area contributed by atoms with Gasteiger partial charge in [-0.15, -0.1) is 0 Å². The third-order valence-electron chi connectivity index (χ3n) is 1.57. The summed E-state index contributed by atoms with van der Waals surface area (Å²) in [4.78, 5) is 21.8. The van der Waals surface area contributed by atoms with Gasteiger partial charge in [-0.2, -0.15) is 0 Å². The van der Waals surface area contributed by atoms with Crippen molar-refractivity contribution < 1.29 is 19.1 Å². The molecule has 0 bridgehead atoms. The van der Waals surface area contributed by atoms with E-state index in [-0.39, 0.29) is 24.6 Å². The summed E-state index contributed by atoms with van der Waals surface area (Å²) in [6.45, 7) is 1.88. The first kappa shape index (κ1) is 9.03. The molecule has 0 amide bonds. The molecule has 0 aromatic rings. The maximum Gasteiger partial charge on any atom is 0.306 e. The fourth-order valence-corrected chi connectivity index (χ4v) is 0.977. The Hall–Kier alpha value is -1.06. The number of hydrogen-bond acceptors (Lipinski definition) is 4. The number of esters is 2. The maximum atomic E-state index is 10.9. The highest BCUT2D eigenvalue weighted by molar-refractivity contribution is 5.73. The van der Waals surface area contributed by atoms with Crippen molar-refractivity contribution in [3.63, 3.8) is 0 Å². The fourth-order valence-electron chi connectivity index (χ4n) is 0.977. The molecule has 0 aromatic carbocycles. The lowest BCUT2D eigenvalue weighted by Crippen LogP contribution is -2.20. The largest absolute Gasteiger partial charge is 0.462 e. The van der Waals surface area contributed by atoms with Crippen LogP contribution in [0, 0.1) is 0 Å². The van der Waals surface area contributed by atoms with Gasteiger partial charge < -0.3 is 9.47 Å². The van der Waals surface area contributed by atoms with Crippen molar-refractivity contribution in [2.45, 2.75) is 32.3 Å². The standard InChI is InChI=1S/C8H12O4/c1-6-5-11-7(9)3-2-4-8(10)12-6/h6H,2-5H2,1H3. The van der Waals surface area contributed by atoms with E-state index in [1.165, 1.54) is 0 Å². The highest BCUT2D eigenvalue weighted by Gasteiger charge is 2.15. The minimum Gasteiger partial charge on any atom is -0.462 e. The van der Waals surface area contributed by atoms with Gasteiger partial charge in [-0.3, -0.25) is 9.59 Å². The van der Waals surface area contributed by atoms with Gasteiger partial charge in [0.05, 0.1) is 0 Å². The zero-order chi connectivity index (χ0) is 8.97. The van der Waals surface area contributed by atoms with Crippen molar-refractivity contribution in [2.24, 2.45) is 0 Å². The van der Waals surface area contributed by atoms with Crippen LogP contribution in [0.2, 0.25) is 0 Å². The van der Waals surface area contributed by atoms with Crippen molar-refractivity contribution in [1.82, 2.24) is 0 Å². The lowest BCUT2D eigenvalue weighted by atomic mass is 10.2. The molecule has 0 radical (unpaired) electrons. The predicted octanol–water partition coefficient (Wildman–Crippen LogP) is 0.645. The van der Waals surface area contributed by atoms with Gasteiger partial charge in [0.2, 0.25) is 0 Å². The van der Waals surface area contributed by atoms with Crippen LogP contribution in [0.15, 0.2) is 0 Å². The predicted molar refractivity (Wildman–Crippen MR) is 40.4 cm³/mol. The second kappa shape index (κ2) is 4.09. The highest BCUT2D eigenvalue weighted by Crippen LogP contribution is 2.06. The van der Waals surface area contributed by atoms with Crippen molar-refractivity contribution in [2.75, 3.05) is 6.61 Å². The molecule has 0 saturated carbocycles. The lowest BCUT2D eigenvalue weighted by Gasteiger charge is -2.10. The molecule has 1 unspecified atom stereocenters. The summed E-state index contributed by atoms with van der Waals surface area (Å²) in [7, 11) is 0. The molecule has 68 valence electrons. The molecule has 1 heterocycles. The minimum atomic E-state index is -0.320. The topological polar surface area (TPSA) is 52.6 Å². The van der Waals surface area contributed by atoms with Gasteiger partial charge in [0, 0.05) is 12.8 Å². The molecule has 12 heavy (non-hydrogen) atoms. The Kier molecular flexibility index (Phi) is 3.08. The van der Waals surface area contributed by atoms with Crippen LogP contribution in [-0.4, -0.2) is 24.6 Å². The van der Waals surface area contributed by atoms with Gasteiger partial charge in [0.15, 0.2) is 0 Å². The molecular formula is C8H12O4. The van der Waals surface area contributed by atoms with Crippen LogP contribution < -0.4 is 0 Å². The molecule has 4 heteroatoms. The van der Waals surface area contributed by atoms with E-state index in [4.69, 9.17) is 9.47 Å². The van der Waals surface area contributed by atoms with Crippen molar-refractivity contribution in [3.8, 4) is 0 Å². The molecule has 4 nitrogen and oxygen atoms in total. The summed E-state index contributed by atoms with van der Waals surface area (Å²) in [6.07, 6.45) is 0.811. The van der Waals surface area contributed by atoms with Gasteiger partial charge >= 0.3 is 11.9 Å². The molecule has 0 N–H and O–H groups in total. The van der Waals surface area contributed by atoms with E-state index < -0.39 is 0 Å². The van der Waals surface area contributed by atoms with Gasteiger partial charge in [0.25, 0.3) is 0 Å². The van der Waals surface area contributed by atoms with E-state index >= 15 is 0 Å². The molecule has 1 aliphatic heterocycles. The molecular weight excluding hydrogens is 160 g/mol. The minimum absolute atomic E-state index is 0.171. The van der Waals surface area contributed by atoms with E-state index in [9.17, 15) is 9.59 Å². The van der Waals surface area contributed by atoms with Crippen LogP contribution in [0.25, 0.3) is 0 Å². The zero-order valence-corrected chi connectivity index (χ0v) is 7.04. The Morgan fingerprint density at radius 1 is 1.25 bits per heavy atom. The average Bonchev–Trinajstić information content (AvgIpc) is 2.05. The van der Waals surface area contributed by atoms with E-state index in [0.29, 0.717) is 19.3 Å². The Morgan fingerprint density at radius 2 is 1.92 bits per heavy atom. The van der Waals surface area contributed by atoms with E-state index in [1.807, 2.05) is 0 Å². The third-order valence-corrected chi connectivity index (χ3v) is 1.57. The average molecular weight is 172 g/mol. The molecule has 1 fully saturated rings. The first-order valence-corrected chi connectivity index (χ1v) is 4.03. The summed E-state index contributed by atoms with van der Waals surface area (Å²) >= 11 is 0. The van der Waals surface area contributed by atoms with Crippen molar-refractivity contribution >= 4 is 11.9 Å². The van der Waals surface area contributed by atoms with E-state index in [2.05, 4.69) is 0 Å². The Balaban J connectivity index is 2.46. The Labute approximate surface area is 70.8 Å². The van der Waals surface area contributed by atoms with Gasteiger partial charge in [-0.05, 0) is 13.3 Å². The van der Waals surface area contributed by atoms with Crippen molar-refractivity contribution in [3.05, 3.63) is 0 Å². The van der Waals surface area contributed by atoms with Crippen LogP contribution in [0.3, 0.4) is 0 Å². The first-order chi connectivity index (χ1) is 5.68. The van der Waals surface area contributed by atoms with Crippen LogP contribution in [-0.2, 0) is 19.1 Å². The molecule has 1 rings (SSSR count). The van der Waals surface area contributed by atoms with Crippen LogP contribution in [0.1, 0.15) is 26.2 Å². The summed E-state index contributed by atoms with van der Waals surface area (Å²) < 4.78 is 9.71. The number of cyclic esters (lactones) is 2. The number of carbonyl (C=O) groups excluding carboxylic acids is 2. The number of carbonyl (C=O) groups is 2. The smallest absolute Gasteiger partial charge is 0.306 e. The molecule has 1 atom stereocenters. The van der Waals surface area contributed by atoms with E-state index in [0.717, 1.165) is 0 Å². The van der Waals surface area contributed by atoms with Gasteiger partial charge in [-0.25, -0.2) is 0 Å². The summed E-state index contributed by atoms with van der Waals surface area (Å²) in [5.74, 6) is -0.499. The normalized spacial score (nSPS) is 26.2. The fraction of sp³-hybridized carbons (Fsp3) is 0.750. The van der Waals surface area contributed by atoms with Gasteiger partial charge in [-0.1, -0.05) is 0 Å². The second-order valence-electron chi connectivity index (χ2n) is 2.84. The molecule has 1 aliphatic rings. The molecule has 0 aromatic heterocycles. The molecule has 0 aliphatic carbocycles. The zero-order valence-electron chi connectivity index (χ0n) is 7.04. The molecule has 0 spiro atoms. The van der Waals surface area contributed by atoms with E-state index in [1.54, 1.807) is 6.92 Å². The summed E-state index contributed by atoms with van der Waals surface area (Å²) in [5.41, 5.74) is 0. The molecule has 1 saturated heterocycles. The maximum absolute atomic E-state index is 10.9. The third kappa shape index (κ3) is 2.90. The first-order valence-electron chi connectivity index (χ1n) is 4.03. The number of ether oxygens (including phenoxy) is 2. The Bertz CT molecular complexity index is 187. The van der Waals surface area contributed by atoms with Crippen molar-refractivity contribution in [1.29, 1.82) is 0 Å². The van der Waals surface area contributed by atoms with Crippen LogP contribution in [0.5, 0.6) is 0 Å².